The van der Waals surface area contributed by atoms with Crippen molar-refractivity contribution in [2.75, 3.05) is 12.4 Å². The number of hydrogen-bond donors (Lipinski definition) is 1. The molecule has 1 aromatic heterocycles. The quantitative estimate of drug-likeness (QED) is 0.482. The second-order valence-electron chi connectivity index (χ2n) is 6.37. The van der Waals surface area contributed by atoms with Gasteiger partial charge in [0.05, 0.1) is 17.7 Å². The Hall–Kier alpha value is -3.31. The lowest BCUT2D eigenvalue weighted by Crippen LogP contribution is -2.11. The molecule has 0 bridgehead atoms. The number of rotatable bonds is 4. The normalized spacial score (nSPS) is 10.8. The number of ether oxygens (including phenoxy) is 1. The predicted molar refractivity (Wildman–Crippen MR) is 110 cm³/mol. The second-order valence-corrected chi connectivity index (χ2v) is 6.78. The highest BCUT2D eigenvalue weighted by Crippen LogP contribution is 2.32. The number of hydrogen-bond acceptors (Lipinski definition) is 4. The van der Waals surface area contributed by atoms with E-state index < -0.39 is 0 Å². The van der Waals surface area contributed by atoms with Crippen LogP contribution in [0.4, 0.5) is 5.69 Å². The third kappa shape index (κ3) is 3.57. The Labute approximate surface area is 166 Å². The molecule has 1 heterocycles. The van der Waals surface area contributed by atoms with E-state index in [0.717, 1.165) is 11.1 Å². The number of oxazole rings is 1. The van der Waals surface area contributed by atoms with Crippen LogP contribution in [0.3, 0.4) is 0 Å². The third-order valence-electron chi connectivity index (χ3n) is 4.33. The van der Waals surface area contributed by atoms with Gasteiger partial charge in [-0.05, 0) is 61.0 Å². The zero-order valence-electron chi connectivity index (χ0n) is 15.3. The highest BCUT2D eigenvalue weighted by Gasteiger charge is 2.14. The van der Waals surface area contributed by atoms with Crippen molar-refractivity contribution in [3.05, 3.63) is 76.8 Å². The number of benzene rings is 3. The Balaban J connectivity index is 1.65. The average molecular weight is 393 g/mol. The van der Waals surface area contributed by atoms with Crippen molar-refractivity contribution in [3.63, 3.8) is 0 Å². The number of halogens is 1. The summed E-state index contributed by atoms with van der Waals surface area (Å²) in [6.07, 6.45) is 0. The molecule has 0 radical (unpaired) electrons. The molecular weight excluding hydrogens is 376 g/mol. The summed E-state index contributed by atoms with van der Waals surface area (Å²) >= 11 is 6.35. The highest BCUT2D eigenvalue weighted by atomic mass is 35.5. The molecule has 3 aromatic carbocycles. The van der Waals surface area contributed by atoms with Gasteiger partial charge in [0, 0.05) is 11.3 Å². The first-order chi connectivity index (χ1) is 13.5. The van der Waals surface area contributed by atoms with E-state index in [2.05, 4.69) is 10.3 Å². The summed E-state index contributed by atoms with van der Waals surface area (Å²) in [5, 5.41) is 3.36. The van der Waals surface area contributed by atoms with Crippen molar-refractivity contribution in [3.8, 4) is 17.2 Å². The van der Waals surface area contributed by atoms with Gasteiger partial charge in [0.1, 0.15) is 11.3 Å². The number of methoxy groups -OCH3 is 1. The molecule has 4 rings (SSSR count). The van der Waals surface area contributed by atoms with E-state index in [9.17, 15) is 4.79 Å². The molecule has 1 N–H and O–H groups in total. The van der Waals surface area contributed by atoms with Gasteiger partial charge >= 0.3 is 0 Å². The van der Waals surface area contributed by atoms with Gasteiger partial charge in [-0.2, -0.15) is 0 Å². The van der Waals surface area contributed by atoms with Crippen LogP contribution in [0.15, 0.2) is 65.1 Å². The fraction of sp³-hybridized carbons (Fsp3) is 0.0909. The minimum absolute atomic E-state index is 0.250. The van der Waals surface area contributed by atoms with Gasteiger partial charge in [0.25, 0.3) is 5.91 Å². The Morgan fingerprint density at radius 3 is 2.79 bits per heavy atom. The molecule has 140 valence electrons. The topological polar surface area (TPSA) is 64.4 Å². The minimum Gasteiger partial charge on any atom is -0.497 e. The summed E-state index contributed by atoms with van der Waals surface area (Å²) in [6.45, 7) is 1.99. The first-order valence-electron chi connectivity index (χ1n) is 8.66. The first kappa shape index (κ1) is 18.1. The number of anilines is 1. The monoisotopic (exact) mass is 392 g/mol. The van der Waals surface area contributed by atoms with Gasteiger partial charge in [-0.3, -0.25) is 4.79 Å². The van der Waals surface area contributed by atoms with Crippen LogP contribution >= 0.6 is 11.6 Å². The molecule has 0 aliphatic rings. The van der Waals surface area contributed by atoms with Gasteiger partial charge in [0.15, 0.2) is 5.58 Å². The van der Waals surface area contributed by atoms with Gasteiger partial charge in [-0.15, -0.1) is 0 Å². The standard InChI is InChI=1S/C22H17ClN2O3/c1-13-6-9-19-20(10-13)28-22(25-19)17-12-15(7-8-18(17)23)24-21(26)14-4-3-5-16(11-14)27-2/h3-12H,1-2H3,(H,24,26). The van der Waals surface area contributed by atoms with Crippen LogP contribution in [0, 0.1) is 6.92 Å². The second kappa shape index (κ2) is 7.37. The lowest BCUT2D eigenvalue weighted by Gasteiger charge is -2.08. The zero-order chi connectivity index (χ0) is 19.7. The number of aryl methyl sites for hydroxylation is 1. The zero-order valence-corrected chi connectivity index (χ0v) is 16.1. The van der Waals surface area contributed by atoms with E-state index >= 15 is 0 Å². The fourth-order valence-corrected chi connectivity index (χ4v) is 3.08. The van der Waals surface area contributed by atoms with Crippen LogP contribution in [0.25, 0.3) is 22.6 Å². The number of fused-ring (bicyclic) bond motifs is 1. The number of carbonyl (C=O) groups excluding carboxylic acids is 1. The largest absolute Gasteiger partial charge is 0.497 e. The van der Waals surface area contributed by atoms with E-state index in [-0.39, 0.29) is 5.91 Å². The Morgan fingerprint density at radius 1 is 1.11 bits per heavy atom. The average Bonchev–Trinajstić information content (AvgIpc) is 3.12. The van der Waals surface area contributed by atoms with Crippen LogP contribution in [0.5, 0.6) is 5.75 Å². The van der Waals surface area contributed by atoms with Crippen LogP contribution in [-0.2, 0) is 0 Å². The Kier molecular flexibility index (Phi) is 4.75. The van der Waals surface area contributed by atoms with Crippen molar-refractivity contribution in [2.24, 2.45) is 0 Å². The summed E-state index contributed by atoms with van der Waals surface area (Å²) in [6, 6.07) is 17.9. The molecule has 28 heavy (non-hydrogen) atoms. The molecule has 1 amide bonds. The molecule has 0 aliphatic carbocycles. The van der Waals surface area contributed by atoms with Crippen molar-refractivity contribution in [1.82, 2.24) is 4.98 Å². The van der Waals surface area contributed by atoms with Crippen molar-refractivity contribution in [1.29, 1.82) is 0 Å². The molecular formula is C22H17ClN2O3. The third-order valence-corrected chi connectivity index (χ3v) is 4.66. The molecule has 0 fully saturated rings. The van der Waals surface area contributed by atoms with E-state index in [1.807, 2.05) is 25.1 Å². The molecule has 0 unspecified atom stereocenters. The lowest BCUT2D eigenvalue weighted by molar-refractivity contribution is 0.102. The minimum atomic E-state index is -0.250. The highest BCUT2D eigenvalue weighted by molar-refractivity contribution is 6.33. The van der Waals surface area contributed by atoms with Crippen LogP contribution in [0.2, 0.25) is 5.02 Å². The van der Waals surface area contributed by atoms with Gasteiger partial charge in [-0.1, -0.05) is 23.7 Å². The number of amides is 1. The molecule has 0 saturated heterocycles. The van der Waals surface area contributed by atoms with Crippen LogP contribution < -0.4 is 10.1 Å². The van der Waals surface area contributed by atoms with Gasteiger partial charge in [0.2, 0.25) is 5.89 Å². The van der Waals surface area contributed by atoms with Crippen LogP contribution in [0.1, 0.15) is 15.9 Å². The van der Waals surface area contributed by atoms with Crippen molar-refractivity contribution < 1.29 is 13.9 Å². The van der Waals surface area contributed by atoms with Gasteiger partial charge in [-0.25, -0.2) is 4.98 Å². The molecule has 0 spiro atoms. The summed E-state index contributed by atoms with van der Waals surface area (Å²) in [5.41, 5.74) is 4.22. The van der Waals surface area contributed by atoms with Crippen molar-refractivity contribution in [2.45, 2.75) is 6.92 Å². The maximum Gasteiger partial charge on any atom is 0.255 e. The smallest absolute Gasteiger partial charge is 0.255 e. The van der Waals surface area contributed by atoms with E-state index in [4.69, 9.17) is 20.8 Å². The number of carbonyl (C=O) groups is 1. The van der Waals surface area contributed by atoms with E-state index in [1.54, 1.807) is 49.6 Å². The first-order valence-corrected chi connectivity index (χ1v) is 9.04. The Bertz CT molecular complexity index is 1180. The number of aromatic nitrogens is 1. The summed E-state index contributed by atoms with van der Waals surface area (Å²) in [7, 11) is 1.56. The molecule has 5 nitrogen and oxygen atoms in total. The van der Waals surface area contributed by atoms with E-state index in [0.29, 0.717) is 39.1 Å². The predicted octanol–water partition coefficient (Wildman–Crippen LogP) is 5.72. The molecule has 6 heteroatoms. The molecule has 0 saturated carbocycles. The van der Waals surface area contributed by atoms with E-state index in [1.165, 1.54) is 0 Å². The fourth-order valence-electron chi connectivity index (χ4n) is 2.88. The summed E-state index contributed by atoms with van der Waals surface area (Å²) in [4.78, 5) is 17.1. The summed E-state index contributed by atoms with van der Waals surface area (Å²) in [5.74, 6) is 0.773. The molecule has 4 aromatic rings. The van der Waals surface area contributed by atoms with Crippen molar-refractivity contribution >= 4 is 34.3 Å². The Morgan fingerprint density at radius 2 is 1.96 bits per heavy atom. The molecule has 0 aliphatic heterocycles. The number of nitrogens with zero attached hydrogens (tertiary/aromatic N) is 1. The lowest BCUT2D eigenvalue weighted by atomic mass is 10.1. The number of nitrogens with one attached hydrogen (secondary N) is 1. The van der Waals surface area contributed by atoms with Gasteiger partial charge < -0.3 is 14.5 Å². The SMILES string of the molecule is COc1cccc(C(=O)Nc2ccc(Cl)c(-c3nc4ccc(C)cc4o3)c2)c1. The maximum atomic E-state index is 12.6. The van der Waals surface area contributed by atoms with Crippen LogP contribution in [-0.4, -0.2) is 18.0 Å². The summed E-state index contributed by atoms with van der Waals surface area (Å²) < 4.78 is 11.0. The maximum absolute atomic E-state index is 12.6. The molecule has 0 atom stereocenters.